The van der Waals surface area contributed by atoms with Gasteiger partial charge in [0.15, 0.2) is 0 Å². The van der Waals surface area contributed by atoms with Gasteiger partial charge in [-0.3, -0.25) is 4.79 Å². The number of methoxy groups -OCH3 is 3. The second kappa shape index (κ2) is 8.31. The van der Waals surface area contributed by atoms with Crippen molar-refractivity contribution in [3.8, 4) is 17.2 Å². The van der Waals surface area contributed by atoms with Crippen LogP contribution in [-0.2, 0) is 4.79 Å². The Hall–Kier alpha value is -2.60. The standard InChI is InChI=1S/C17H19ClN2O4/c1-22-14-7-5-4-6-12(14)19-10-17(21)20-13-8-11(18)15(23-2)9-16(13)24-3/h4-9,19H,10H2,1-3H3,(H,20,21). The zero-order valence-corrected chi connectivity index (χ0v) is 14.4. The number of halogens is 1. The summed E-state index contributed by atoms with van der Waals surface area (Å²) < 4.78 is 15.6. The van der Waals surface area contributed by atoms with Crippen LogP contribution in [0.2, 0.25) is 5.02 Å². The van der Waals surface area contributed by atoms with E-state index in [1.807, 2.05) is 24.3 Å². The molecule has 0 fully saturated rings. The van der Waals surface area contributed by atoms with Crippen LogP contribution in [0.4, 0.5) is 11.4 Å². The molecule has 0 spiro atoms. The van der Waals surface area contributed by atoms with Crippen LogP contribution in [0.15, 0.2) is 36.4 Å². The average Bonchev–Trinajstić information content (AvgIpc) is 2.60. The molecule has 2 aromatic carbocycles. The summed E-state index contributed by atoms with van der Waals surface area (Å²) in [6.07, 6.45) is 0. The number of para-hydroxylation sites is 2. The quantitative estimate of drug-likeness (QED) is 0.800. The number of carbonyl (C=O) groups is 1. The smallest absolute Gasteiger partial charge is 0.243 e. The van der Waals surface area contributed by atoms with Gasteiger partial charge in [-0.2, -0.15) is 0 Å². The van der Waals surface area contributed by atoms with Crippen molar-refractivity contribution in [2.24, 2.45) is 0 Å². The predicted octanol–water partition coefficient (Wildman–Crippen LogP) is 3.42. The molecule has 2 rings (SSSR count). The van der Waals surface area contributed by atoms with Crippen molar-refractivity contribution in [3.63, 3.8) is 0 Å². The van der Waals surface area contributed by atoms with Crippen molar-refractivity contribution >= 4 is 28.9 Å². The minimum atomic E-state index is -0.250. The monoisotopic (exact) mass is 350 g/mol. The number of nitrogens with one attached hydrogen (secondary N) is 2. The molecule has 0 aliphatic heterocycles. The number of benzene rings is 2. The van der Waals surface area contributed by atoms with Gasteiger partial charge in [0.25, 0.3) is 0 Å². The fourth-order valence-electron chi connectivity index (χ4n) is 2.12. The largest absolute Gasteiger partial charge is 0.495 e. The van der Waals surface area contributed by atoms with E-state index in [-0.39, 0.29) is 12.5 Å². The maximum absolute atomic E-state index is 12.2. The van der Waals surface area contributed by atoms with Crippen LogP contribution >= 0.6 is 11.6 Å². The molecule has 0 radical (unpaired) electrons. The topological polar surface area (TPSA) is 68.8 Å². The van der Waals surface area contributed by atoms with Gasteiger partial charge in [0.05, 0.1) is 44.3 Å². The van der Waals surface area contributed by atoms with E-state index in [1.165, 1.54) is 14.2 Å². The molecule has 0 aliphatic carbocycles. The van der Waals surface area contributed by atoms with Crippen LogP contribution < -0.4 is 24.8 Å². The van der Waals surface area contributed by atoms with Crippen LogP contribution in [0.1, 0.15) is 0 Å². The van der Waals surface area contributed by atoms with Crippen LogP contribution in [0.5, 0.6) is 17.2 Å². The van der Waals surface area contributed by atoms with Gasteiger partial charge in [-0.05, 0) is 18.2 Å². The second-order valence-corrected chi connectivity index (χ2v) is 5.20. The Morgan fingerprint density at radius 3 is 2.29 bits per heavy atom. The molecule has 0 heterocycles. The lowest BCUT2D eigenvalue weighted by Crippen LogP contribution is -2.22. The maximum Gasteiger partial charge on any atom is 0.243 e. The molecule has 0 atom stereocenters. The normalized spacial score (nSPS) is 10.0. The first-order valence-electron chi connectivity index (χ1n) is 7.17. The molecular formula is C17H19ClN2O4. The van der Waals surface area contributed by atoms with E-state index in [0.29, 0.717) is 28.0 Å². The van der Waals surface area contributed by atoms with Gasteiger partial charge in [-0.15, -0.1) is 0 Å². The van der Waals surface area contributed by atoms with E-state index < -0.39 is 0 Å². The zero-order chi connectivity index (χ0) is 17.5. The van der Waals surface area contributed by atoms with Crippen molar-refractivity contribution in [2.45, 2.75) is 0 Å². The SMILES string of the molecule is COc1cc(OC)c(NC(=O)CNc2ccccc2OC)cc1Cl. The average molecular weight is 351 g/mol. The van der Waals surface area contributed by atoms with Crippen LogP contribution in [0.25, 0.3) is 0 Å². The molecule has 6 nitrogen and oxygen atoms in total. The Bertz CT molecular complexity index is 722. The van der Waals surface area contributed by atoms with E-state index in [2.05, 4.69) is 10.6 Å². The van der Waals surface area contributed by atoms with Gasteiger partial charge in [0, 0.05) is 6.07 Å². The number of amides is 1. The minimum Gasteiger partial charge on any atom is -0.495 e. The highest BCUT2D eigenvalue weighted by molar-refractivity contribution is 6.32. The second-order valence-electron chi connectivity index (χ2n) is 4.79. The lowest BCUT2D eigenvalue weighted by atomic mass is 10.2. The molecule has 0 aliphatic rings. The lowest BCUT2D eigenvalue weighted by molar-refractivity contribution is -0.114. The first-order chi connectivity index (χ1) is 11.6. The third kappa shape index (κ3) is 4.23. The summed E-state index contributed by atoms with van der Waals surface area (Å²) in [7, 11) is 4.59. The summed E-state index contributed by atoms with van der Waals surface area (Å²) >= 11 is 6.09. The summed E-state index contributed by atoms with van der Waals surface area (Å²) in [5, 5.41) is 6.16. The van der Waals surface area contributed by atoms with Gasteiger partial charge in [0.2, 0.25) is 5.91 Å². The predicted molar refractivity (Wildman–Crippen MR) is 94.7 cm³/mol. The van der Waals surface area contributed by atoms with Gasteiger partial charge < -0.3 is 24.8 Å². The molecule has 2 aromatic rings. The van der Waals surface area contributed by atoms with Gasteiger partial charge in [-0.25, -0.2) is 0 Å². The number of anilines is 2. The first kappa shape index (κ1) is 17.7. The van der Waals surface area contributed by atoms with E-state index in [0.717, 1.165) is 5.69 Å². The number of hydrogen-bond acceptors (Lipinski definition) is 5. The van der Waals surface area contributed by atoms with Crippen LogP contribution in [0, 0.1) is 0 Å². The molecule has 0 unspecified atom stereocenters. The Kier molecular flexibility index (Phi) is 6.14. The number of carbonyl (C=O) groups excluding carboxylic acids is 1. The molecule has 128 valence electrons. The molecule has 2 N–H and O–H groups in total. The fourth-order valence-corrected chi connectivity index (χ4v) is 2.36. The zero-order valence-electron chi connectivity index (χ0n) is 13.7. The molecule has 0 saturated heterocycles. The summed E-state index contributed by atoms with van der Waals surface area (Å²) in [6.45, 7) is 0.0627. The van der Waals surface area contributed by atoms with Crippen molar-refractivity contribution in [3.05, 3.63) is 41.4 Å². The molecule has 1 amide bonds. The van der Waals surface area contributed by atoms with Crippen LogP contribution in [-0.4, -0.2) is 33.8 Å². The summed E-state index contributed by atoms with van der Waals surface area (Å²) in [5.74, 6) is 1.34. The van der Waals surface area contributed by atoms with Gasteiger partial charge in [-0.1, -0.05) is 23.7 Å². The van der Waals surface area contributed by atoms with Crippen LogP contribution in [0.3, 0.4) is 0 Å². The van der Waals surface area contributed by atoms with Crippen molar-refractivity contribution in [2.75, 3.05) is 38.5 Å². The number of ether oxygens (including phenoxy) is 3. The van der Waals surface area contributed by atoms with Gasteiger partial charge in [0.1, 0.15) is 17.2 Å². The van der Waals surface area contributed by atoms with E-state index in [1.54, 1.807) is 19.2 Å². The summed E-state index contributed by atoms with van der Waals surface area (Å²) in [5.41, 5.74) is 1.20. The van der Waals surface area contributed by atoms with Gasteiger partial charge >= 0.3 is 0 Å². The third-order valence-electron chi connectivity index (χ3n) is 3.29. The Morgan fingerprint density at radius 1 is 0.958 bits per heavy atom. The molecule has 0 saturated carbocycles. The fraction of sp³-hybridized carbons (Fsp3) is 0.235. The third-order valence-corrected chi connectivity index (χ3v) is 3.59. The summed E-state index contributed by atoms with van der Waals surface area (Å²) in [4.78, 5) is 12.2. The Labute approximate surface area is 145 Å². The van der Waals surface area contributed by atoms with Crippen molar-refractivity contribution in [1.82, 2.24) is 0 Å². The molecule has 7 heteroatoms. The molecular weight excluding hydrogens is 332 g/mol. The molecule has 24 heavy (non-hydrogen) atoms. The lowest BCUT2D eigenvalue weighted by Gasteiger charge is -2.14. The highest BCUT2D eigenvalue weighted by Crippen LogP contribution is 2.35. The van der Waals surface area contributed by atoms with E-state index in [4.69, 9.17) is 25.8 Å². The summed E-state index contributed by atoms with van der Waals surface area (Å²) in [6, 6.07) is 10.6. The minimum absolute atomic E-state index is 0.0627. The van der Waals surface area contributed by atoms with Crippen molar-refractivity contribution in [1.29, 1.82) is 0 Å². The van der Waals surface area contributed by atoms with Crippen molar-refractivity contribution < 1.29 is 19.0 Å². The Balaban J connectivity index is 2.06. The highest BCUT2D eigenvalue weighted by Gasteiger charge is 2.13. The number of hydrogen-bond donors (Lipinski definition) is 2. The number of rotatable bonds is 7. The molecule has 0 aromatic heterocycles. The van der Waals surface area contributed by atoms with E-state index in [9.17, 15) is 4.79 Å². The first-order valence-corrected chi connectivity index (χ1v) is 7.55. The Morgan fingerprint density at radius 2 is 1.62 bits per heavy atom. The van der Waals surface area contributed by atoms with E-state index >= 15 is 0 Å². The highest BCUT2D eigenvalue weighted by atomic mass is 35.5. The molecule has 0 bridgehead atoms. The maximum atomic E-state index is 12.2.